The number of anilines is 2. The zero-order valence-electron chi connectivity index (χ0n) is 9.66. The van der Waals surface area contributed by atoms with Crippen LogP contribution in [0.5, 0.6) is 0 Å². The van der Waals surface area contributed by atoms with E-state index in [1.54, 1.807) is 6.92 Å². The lowest BCUT2D eigenvalue weighted by molar-refractivity contribution is 0.102. The first kappa shape index (κ1) is 11.5. The van der Waals surface area contributed by atoms with Crippen LogP contribution in [0.1, 0.15) is 42.3 Å². The first-order chi connectivity index (χ1) is 7.68. The Balaban J connectivity index is 2.19. The lowest BCUT2D eigenvalue weighted by Crippen LogP contribution is -2.22. The first-order valence-electron chi connectivity index (χ1n) is 5.83. The van der Waals surface area contributed by atoms with Gasteiger partial charge in [-0.05, 0) is 18.9 Å². The number of ketones is 1. The molecule has 0 saturated carbocycles. The molecule has 1 aromatic heterocycles. The third kappa shape index (κ3) is 2.38. The van der Waals surface area contributed by atoms with E-state index in [0.29, 0.717) is 10.6 Å². The Morgan fingerprint density at radius 1 is 1.31 bits per heavy atom. The van der Waals surface area contributed by atoms with Crippen molar-refractivity contribution in [2.24, 2.45) is 0 Å². The summed E-state index contributed by atoms with van der Waals surface area (Å²) < 4.78 is 0. The van der Waals surface area contributed by atoms with Crippen LogP contribution in [0.2, 0.25) is 0 Å². The van der Waals surface area contributed by atoms with Gasteiger partial charge in [0.1, 0.15) is 0 Å². The summed E-state index contributed by atoms with van der Waals surface area (Å²) in [6, 6.07) is 1.95. The largest absolute Gasteiger partial charge is 0.397 e. The van der Waals surface area contributed by atoms with Crippen LogP contribution in [-0.2, 0) is 0 Å². The van der Waals surface area contributed by atoms with Crippen LogP contribution in [0.15, 0.2) is 6.07 Å². The Morgan fingerprint density at radius 3 is 2.44 bits per heavy atom. The number of carbonyl (C=O) groups is 1. The number of hydrogen-bond acceptors (Lipinski definition) is 4. The Hall–Kier alpha value is -1.03. The SMILES string of the molecule is CC(=O)c1sc(N2CCCCCC2)cc1N. The summed E-state index contributed by atoms with van der Waals surface area (Å²) in [7, 11) is 0. The Labute approximate surface area is 100 Å². The van der Waals surface area contributed by atoms with E-state index in [1.165, 1.54) is 37.0 Å². The van der Waals surface area contributed by atoms with Crippen molar-refractivity contribution in [1.29, 1.82) is 0 Å². The van der Waals surface area contributed by atoms with Gasteiger partial charge >= 0.3 is 0 Å². The average Bonchev–Trinajstić information content (AvgIpc) is 2.50. The average molecular weight is 238 g/mol. The number of nitrogen functional groups attached to an aromatic ring is 1. The van der Waals surface area contributed by atoms with E-state index < -0.39 is 0 Å². The molecular formula is C12H18N2OS. The van der Waals surface area contributed by atoms with Crippen molar-refractivity contribution in [3.63, 3.8) is 0 Å². The van der Waals surface area contributed by atoms with Gasteiger partial charge in [0.25, 0.3) is 0 Å². The Kier molecular flexibility index (Phi) is 3.49. The maximum absolute atomic E-state index is 11.3. The Morgan fingerprint density at radius 2 is 1.94 bits per heavy atom. The molecule has 0 amide bonds. The zero-order chi connectivity index (χ0) is 11.5. The topological polar surface area (TPSA) is 46.3 Å². The van der Waals surface area contributed by atoms with Crippen molar-refractivity contribution in [2.45, 2.75) is 32.6 Å². The minimum absolute atomic E-state index is 0.0728. The summed E-state index contributed by atoms with van der Waals surface area (Å²) in [5.74, 6) is 0.0728. The standard InChI is InChI=1S/C12H18N2OS/c1-9(15)12-10(13)8-11(16-12)14-6-4-2-3-5-7-14/h8H,2-7,13H2,1H3. The van der Waals surface area contributed by atoms with Crippen LogP contribution in [0.4, 0.5) is 10.7 Å². The second-order valence-corrected chi connectivity index (χ2v) is 5.36. The molecule has 0 bridgehead atoms. The maximum atomic E-state index is 11.3. The van der Waals surface area contributed by atoms with Crippen molar-refractivity contribution in [3.8, 4) is 0 Å². The highest BCUT2D eigenvalue weighted by atomic mass is 32.1. The Bertz CT molecular complexity index is 378. The lowest BCUT2D eigenvalue weighted by atomic mass is 10.2. The molecule has 1 aliphatic rings. The number of nitrogens with two attached hydrogens (primary N) is 1. The van der Waals surface area contributed by atoms with Crippen molar-refractivity contribution >= 4 is 27.8 Å². The predicted molar refractivity (Wildman–Crippen MR) is 69.4 cm³/mol. The van der Waals surface area contributed by atoms with Crippen molar-refractivity contribution < 1.29 is 4.79 Å². The molecule has 2 N–H and O–H groups in total. The fraction of sp³-hybridized carbons (Fsp3) is 0.583. The first-order valence-corrected chi connectivity index (χ1v) is 6.65. The minimum atomic E-state index is 0.0728. The molecule has 1 aliphatic heterocycles. The molecule has 2 heterocycles. The molecule has 0 spiro atoms. The van der Waals surface area contributed by atoms with Crippen LogP contribution in [0.25, 0.3) is 0 Å². The summed E-state index contributed by atoms with van der Waals surface area (Å²) in [6.45, 7) is 3.77. The smallest absolute Gasteiger partial charge is 0.171 e. The molecule has 0 atom stereocenters. The minimum Gasteiger partial charge on any atom is -0.397 e. The highest BCUT2D eigenvalue weighted by Gasteiger charge is 2.16. The van der Waals surface area contributed by atoms with E-state index in [2.05, 4.69) is 4.90 Å². The van der Waals surface area contributed by atoms with Gasteiger partial charge in [-0.15, -0.1) is 11.3 Å². The summed E-state index contributed by atoms with van der Waals surface area (Å²) in [5, 5.41) is 1.16. The molecule has 1 fully saturated rings. The molecule has 1 aromatic rings. The second kappa shape index (κ2) is 4.87. The van der Waals surface area contributed by atoms with E-state index >= 15 is 0 Å². The van der Waals surface area contributed by atoms with Gasteiger partial charge in [-0.3, -0.25) is 4.79 Å². The molecule has 16 heavy (non-hydrogen) atoms. The number of thiophene rings is 1. The lowest BCUT2D eigenvalue weighted by Gasteiger charge is -2.19. The van der Waals surface area contributed by atoms with Gasteiger partial charge in [-0.25, -0.2) is 0 Å². The number of nitrogens with zero attached hydrogens (tertiary/aromatic N) is 1. The fourth-order valence-electron chi connectivity index (χ4n) is 2.11. The van der Waals surface area contributed by atoms with Crippen LogP contribution in [0.3, 0.4) is 0 Å². The second-order valence-electron chi connectivity index (χ2n) is 4.33. The normalized spacial score (nSPS) is 17.2. The van der Waals surface area contributed by atoms with Gasteiger partial charge in [0.2, 0.25) is 0 Å². The van der Waals surface area contributed by atoms with Gasteiger partial charge in [-0.2, -0.15) is 0 Å². The van der Waals surface area contributed by atoms with Crippen molar-refractivity contribution in [3.05, 3.63) is 10.9 Å². The number of Topliss-reactive ketones (excluding diaryl/α,β-unsaturated/α-hetero) is 1. The van der Waals surface area contributed by atoms with Crippen LogP contribution in [0, 0.1) is 0 Å². The maximum Gasteiger partial charge on any atom is 0.171 e. The van der Waals surface area contributed by atoms with Gasteiger partial charge in [0, 0.05) is 20.0 Å². The molecule has 0 radical (unpaired) electrons. The van der Waals surface area contributed by atoms with Crippen LogP contribution in [-0.4, -0.2) is 18.9 Å². The number of carbonyl (C=O) groups excluding carboxylic acids is 1. The molecule has 0 aromatic carbocycles. The summed E-state index contributed by atoms with van der Waals surface area (Å²) >= 11 is 1.53. The van der Waals surface area contributed by atoms with Crippen molar-refractivity contribution in [2.75, 3.05) is 23.7 Å². The van der Waals surface area contributed by atoms with E-state index in [1.807, 2.05) is 6.07 Å². The highest BCUT2D eigenvalue weighted by molar-refractivity contribution is 7.18. The fourth-order valence-corrected chi connectivity index (χ4v) is 3.14. The van der Waals surface area contributed by atoms with Crippen LogP contribution < -0.4 is 10.6 Å². The van der Waals surface area contributed by atoms with Crippen molar-refractivity contribution in [1.82, 2.24) is 0 Å². The molecule has 0 aliphatic carbocycles. The molecular weight excluding hydrogens is 220 g/mol. The van der Waals surface area contributed by atoms with Gasteiger partial charge < -0.3 is 10.6 Å². The molecule has 4 heteroatoms. The van der Waals surface area contributed by atoms with E-state index in [4.69, 9.17) is 5.73 Å². The van der Waals surface area contributed by atoms with E-state index in [0.717, 1.165) is 18.1 Å². The molecule has 88 valence electrons. The van der Waals surface area contributed by atoms with Gasteiger partial charge in [-0.1, -0.05) is 12.8 Å². The van der Waals surface area contributed by atoms with E-state index in [-0.39, 0.29) is 5.78 Å². The molecule has 2 rings (SSSR count). The molecule has 0 unspecified atom stereocenters. The molecule has 1 saturated heterocycles. The third-order valence-corrected chi connectivity index (χ3v) is 4.30. The number of hydrogen-bond donors (Lipinski definition) is 1. The molecule has 3 nitrogen and oxygen atoms in total. The highest BCUT2D eigenvalue weighted by Crippen LogP contribution is 2.33. The van der Waals surface area contributed by atoms with E-state index in [9.17, 15) is 4.79 Å². The third-order valence-electron chi connectivity index (χ3n) is 2.99. The zero-order valence-corrected chi connectivity index (χ0v) is 10.5. The van der Waals surface area contributed by atoms with Gasteiger partial charge in [0.05, 0.1) is 15.6 Å². The summed E-state index contributed by atoms with van der Waals surface area (Å²) in [6.07, 6.45) is 5.12. The van der Waals surface area contributed by atoms with Crippen LogP contribution >= 0.6 is 11.3 Å². The predicted octanol–water partition coefficient (Wildman–Crippen LogP) is 2.91. The summed E-state index contributed by atoms with van der Waals surface area (Å²) in [5.41, 5.74) is 6.49. The van der Waals surface area contributed by atoms with Gasteiger partial charge in [0.15, 0.2) is 5.78 Å². The monoisotopic (exact) mass is 238 g/mol. The summed E-state index contributed by atoms with van der Waals surface area (Å²) in [4.78, 5) is 14.4. The number of rotatable bonds is 2. The quantitative estimate of drug-likeness (QED) is 0.806.